The average Bonchev–Trinajstić information content (AvgIpc) is 3.11. The highest BCUT2D eigenvalue weighted by atomic mass is 19.1. The van der Waals surface area contributed by atoms with Crippen LogP contribution in [-0.2, 0) is 0 Å². The lowest BCUT2D eigenvalue weighted by Gasteiger charge is -2.20. The van der Waals surface area contributed by atoms with Gasteiger partial charge in [-0.1, -0.05) is 54.5 Å². The van der Waals surface area contributed by atoms with E-state index in [-0.39, 0.29) is 6.54 Å². The number of pyridine rings is 1. The molecule has 26 heavy (non-hydrogen) atoms. The summed E-state index contributed by atoms with van der Waals surface area (Å²) in [6.07, 6.45) is 2.08. The quantitative estimate of drug-likeness (QED) is 0.627. The number of anilines is 1. The van der Waals surface area contributed by atoms with Gasteiger partial charge in [0.2, 0.25) is 0 Å². The van der Waals surface area contributed by atoms with Crippen molar-refractivity contribution in [1.29, 1.82) is 0 Å². The molecule has 1 unspecified atom stereocenters. The summed E-state index contributed by atoms with van der Waals surface area (Å²) in [5, 5.41) is 0. The van der Waals surface area contributed by atoms with Crippen molar-refractivity contribution in [1.82, 2.24) is 4.98 Å². The van der Waals surface area contributed by atoms with E-state index in [1.54, 1.807) is 12.3 Å². The Morgan fingerprint density at radius 1 is 0.923 bits per heavy atom. The molecule has 1 fully saturated rings. The van der Waals surface area contributed by atoms with Gasteiger partial charge >= 0.3 is 0 Å². The molecule has 0 bridgehead atoms. The molecule has 0 aliphatic carbocycles. The van der Waals surface area contributed by atoms with E-state index >= 15 is 4.39 Å². The van der Waals surface area contributed by atoms with Crippen LogP contribution >= 0.6 is 0 Å². The zero-order valence-electron chi connectivity index (χ0n) is 14.4. The third kappa shape index (κ3) is 3.60. The fraction of sp³-hybridized carbons (Fsp3) is 0.174. The molecule has 2 nitrogen and oxygen atoms in total. The monoisotopic (exact) mass is 342 g/mol. The van der Waals surface area contributed by atoms with Gasteiger partial charge in [0.25, 0.3) is 0 Å². The maximum atomic E-state index is 15.1. The van der Waals surface area contributed by atoms with Crippen molar-refractivity contribution in [2.24, 2.45) is 0 Å². The number of alkyl halides is 1. The van der Waals surface area contributed by atoms with Gasteiger partial charge in [-0.25, -0.2) is 9.37 Å². The maximum Gasteiger partial charge on any atom is 0.190 e. The van der Waals surface area contributed by atoms with Crippen LogP contribution in [0.4, 0.5) is 10.1 Å². The molecule has 2 heterocycles. The van der Waals surface area contributed by atoms with Gasteiger partial charge in [-0.05, 0) is 41.3 Å². The first-order chi connectivity index (χ1) is 12.7. The lowest BCUT2D eigenvalue weighted by Crippen LogP contribution is -2.27. The van der Waals surface area contributed by atoms with Crippen LogP contribution < -0.4 is 4.90 Å². The molecule has 2 aromatic carbocycles. The Morgan fingerprint density at radius 3 is 2.54 bits per heavy atom. The molecule has 1 aliphatic heterocycles. The van der Waals surface area contributed by atoms with Crippen LogP contribution in [-0.4, -0.2) is 23.7 Å². The highest BCUT2D eigenvalue weighted by Crippen LogP contribution is 2.31. The molecule has 1 saturated heterocycles. The van der Waals surface area contributed by atoms with E-state index in [0.29, 0.717) is 18.7 Å². The van der Waals surface area contributed by atoms with Crippen LogP contribution in [0, 0.1) is 11.8 Å². The predicted molar refractivity (Wildman–Crippen MR) is 104 cm³/mol. The van der Waals surface area contributed by atoms with Gasteiger partial charge in [0.15, 0.2) is 5.67 Å². The van der Waals surface area contributed by atoms with E-state index in [1.165, 1.54) is 0 Å². The summed E-state index contributed by atoms with van der Waals surface area (Å²) in [5.74, 6) is 5.67. The molecule has 0 N–H and O–H groups in total. The molecular weight excluding hydrogens is 323 g/mol. The van der Waals surface area contributed by atoms with Gasteiger partial charge < -0.3 is 4.90 Å². The summed E-state index contributed by atoms with van der Waals surface area (Å²) in [7, 11) is 0. The first-order valence-corrected chi connectivity index (χ1v) is 8.75. The second kappa shape index (κ2) is 7.01. The number of hydrogen-bond acceptors (Lipinski definition) is 2. The third-order valence-corrected chi connectivity index (χ3v) is 4.62. The summed E-state index contributed by atoms with van der Waals surface area (Å²) < 4.78 is 15.1. The van der Waals surface area contributed by atoms with Crippen molar-refractivity contribution in [2.45, 2.75) is 12.1 Å². The minimum Gasteiger partial charge on any atom is -0.367 e. The van der Waals surface area contributed by atoms with Gasteiger partial charge in [-0.3, -0.25) is 0 Å². The maximum absolute atomic E-state index is 15.1. The highest BCUT2D eigenvalue weighted by molar-refractivity contribution is 5.68. The van der Waals surface area contributed by atoms with E-state index < -0.39 is 5.67 Å². The summed E-state index contributed by atoms with van der Waals surface area (Å²) in [6.45, 7) is 0.941. The first-order valence-electron chi connectivity index (χ1n) is 8.75. The standard InChI is InChI=1S/C23H19FN2/c24-23(13-12-21-10-4-5-15-25-21)14-16-26(18-23)22-11-6-9-20(17-22)19-7-2-1-3-8-19/h1-11,15,17H,14,16,18H2. The molecule has 128 valence electrons. The van der Waals surface area contributed by atoms with Gasteiger partial charge in [0.05, 0.1) is 6.54 Å². The van der Waals surface area contributed by atoms with Crippen molar-refractivity contribution in [3.63, 3.8) is 0 Å². The normalized spacial score (nSPS) is 19.0. The number of benzene rings is 2. The SMILES string of the molecule is FC1(C#Cc2ccccn2)CCN(c2cccc(-c3ccccc3)c2)C1. The number of rotatable bonds is 2. The van der Waals surface area contributed by atoms with Crippen molar-refractivity contribution < 1.29 is 4.39 Å². The van der Waals surface area contributed by atoms with E-state index in [4.69, 9.17) is 0 Å². The summed E-state index contributed by atoms with van der Waals surface area (Å²) in [4.78, 5) is 6.21. The lowest BCUT2D eigenvalue weighted by molar-refractivity contribution is 0.274. The highest BCUT2D eigenvalue weighted by Gasteiger charge is 2.37. The number of halogens is 1. The zero-order valence-corrected chi connectivity index (χ0v) is 14.4. The number of hydrogen-bond donors (Lipinski definition) is 0. The van der Waals surface area contributed by atoms with Crippen LogP contribution in [0.25, 0.3) is 11.1 Å². The zero-order chi connectivity index (χ0) is 17.8. The largest absolute Gasteiger partial charge is 0.367 e. The van der Waals surface area contributed by atoms with Gasteiger partial charge in [-0.15, -0.1) is 0 Å². The Hall–Kier alpha value is -3.12. The van der Waals surface area contributed by atoms with Crippen LogP contribution in [0.2, 0.25) is 0 Å². The number of nitrogens with zero attached hydrogens (tertiary/aromatic N) is 2. The first kappa shape index (κ1) is 16.4. The fourth-order valence-corrected chi connectivity index (χ4v) is 3.22. The Balaban J connectivity index is 1.53. The molecule has 0 amide bonds. The molecule has 3 heteroatoms. The fourth-order valence-electron chi connectivity index (χ4n) is 3.22. The van der Waals surface area contributed by atoms with Crippen LogP contribution in [0.15, 0.2) is 79.0 Å². The minimum atomic E-state index is -1.50. The van der Waals surface area contributed by atoms with Crippen LogP contribution in [0.3, 0.4) is 0 Å². The van der Waals surface area contributed by atoms with Gasteiger partial charge in [-0.2, -0.15) is 0 Å². The molecule has 1 aliphatic rings. The molecule has 1 aromatic heterocycles. The van der Waals surface area contributed by atoms with E-state index in [2.05, 4.69) is 46.0 Å². The number of aromatic nitrogens is 1. The third-order valence-electron chi connectivity index (χ3n) is 4.62. The average molecular weight is 342 g/mol. The summed E-state index contributed by atoms with van der Waals surface area (Å²) >= 11 is 0. The van der Waals surface area contributed by atoms with Gasteiger partial charge in [0.1, 0.15) is 5.69 Å². The van der Waals surface area contributed by atoms with Gasteiger partial charge in [0, 0.05) is 24.8 Å². The molecule has 0 radical (unpaired) electrons. The van der Waals surface area contributed by atoms with E-state index in [1.807, 2.05) is 42.5 Å². The van der Waals surface area contributed by atoms with E-state index in [9.17, 15) is 0 Å². The molecule has 0 saturated carbocycles. The smallest absolute Gasteiger partial charge is 0.190 e. The van der Waals surface area contributed by atoms with E-state index in [0.717, 1.165) is 16.8 Å². The van der Waals surface area contributed by atoms with Crippen molar-refractivity contribution in [3.8, 4) is 23.0 Å². The lowest BCUT2D eigenvalue weighted by atomic mass is 10.0. The second-order valence-corrected chi connectivity index (χ2v) is 6.52. The second-order valence-electron chi connectivity index (χ2n) is 6.52. The van der Waals surface area contributed by atoms with Crippen molar-refractivity contribution in [2.75, 3.05) is 18.0 Å². The van der Waals surface area contributed by atoms with Crippen molar-refractivity contribution >= 4 is 5.69 Å². The Labute approximate surface area is 153 Å². The molecular formula is C23H19FN2. The van der Waals surface area contributed by atoms with Crippen LogP contribution in [0.1, 0.15) is 12.1 Å². The predicted octanol–water partition coefficient (Wildman–Crippen LogP) is 4.72. The Morgan fingerprint density at radius 2 is 1.73 bits per heavy atom. The summed E-state index contributed by atoms with van der Waals surface area (Å²) in [6, 6.07) is 24.0. The molecule has 4 rings (SSSR count). The van der Waals surface area contributed by atoms with Crippen LogP contribution in [0.5, 0.6) is 0 Å². The Bertz CT molecular complexity index is 944. The summed E-state index contributed by atoms with van der Waals surface area (Å²) in [5.41, 5.74) is 2.44. The van der Waals surface area contributed by atoms with Crippen molar-refractivity contribution in [3.05, 3.63) is 84.7 Å². The molecule has 3 aromatic rings. The molecule has 1 atom stereocenters. The molecule has 0 spiro atoms. The minimum absolute atomic E-state index is 0.283. The Kier molecular flexibility index (Phi) is 4.41. The topological polar surface area (TPSA) is 16.1 Å².